The fraction of sp³-hybridized carbons (Fsp3) is 0.143. The highest BCUT2D eigenvalue weighted by Gasteiger charge is 2.06. The molecule has 0 unspecified atom stereocenters. The van der Waals surface area contributed by atoms with Crippen molar-refractivity contribution < 1.29 is 0 Å². The van der Waals surface area contributed by atoms with Gasteiger partial charge < -0.3 is 5.32 Å². The topological polar surface area (TPSA) is 48.7 Å². The highest BCUT2D eigenvalue weighted by atomic mass is 79.9. The Kier molecular flexibility index (Phi) is 3.63. The Hall–Kier alpha value is -1.86. The number of benzene rings is 1. The number of nitrogens with zero attached hydrogens (tertiary/aromatic N) is 2. The number of rotatable bonds is 2. The molecule has 1 aromatic carbocycles. The number of pyridine rings is 1. The van der Waals surface area contributed by atoms with Crippen molar-refractivity contribution in [3.8, 4) is 6.07 Å². The molecule has 0 bridgehead atoms. The Morgan fingerprint density at radius 2 is 2.00 bits per heavy atom. The largest absolute Gasteiger partial charge is 0.339 e. The maximum absolute atomic E-state index is 9.07. The van der Waals surface area contributed by atoms with E-state index in [1.54, 1.807) is 6.07 Å². The van der Waals surface area contributed by atoms with Crippen molar-refractivity contribution in [2.75, 3.05) is 5.32 Å². The molecule has 90 valence electrons. The van der Waals surface area contributed by atoms with Crippen molar-refractivity contribution in [3.05, 3.63) is 51.6 Å². The number of hydrogen-bond acceptors (Lipinski definition) is 3. The molecule has 1 N–H and O–H groups in total. The molecular formula is C14H12BrN3. The summed E-state index contributed by atoms with van der Waals surface area (Å²) >= 11 is 3.43. The van der Waals surface area contributed by atoms with Crippen molar-refractivity contribution in [3.63, 3.8) is 0 Å². The predicted molar refractivity (Wildman–Crippen MR) is 75.9 cm³/mol. The second kappa shape index (κ2) is 5.19. The van der Waals surface area contributed by atoms with Crippen LogP contribution in [0.4, 0.5) is 11.5 Å². The summed E-state index contributed by atoms with van der Waals surface area (Å²) in [5, 5.41) is 12.3. The average Bonchev–Trinajstić information content (AvgIpc) is 2.34. The molecule has 1 heterocycles. The maximum Gasteiger partial charge on any atom is 0.148 e. The van der Waals surface area contributed by atoms with E-state index in [1.165, 1.54) is 0 Å². The summed E-state index contributed by atoms with van der Waals surface area (Å²) < 4.78 is 0.988. The van der Waals surface area contributed by atoms with Gasteiger partial charge in [-0.15, -0.1) is 0 Å². The van der Waals surface area contributed by atoms with Crippen LogP contribution in [0.25, 0.3) is 0 Å². The van der Waals surface area contributed by atoms with Crippen LogP contribution in [0.1, 0.15) is 16.8 Å². The molecule has 1 aromatic heterocycles. The highest BCUT2D eigenvalue weighted by molar-refractivity contribution is 9.10. The van der Waals surface area contributed by atoms with Gasteiger partial charge in [-0.1, -0.05) is 22.0 Å². The van der Waals surface area contributed by atoms with Crippen LogP contribution in [0, 0.1) is 25.2 Å². The first-order chi connectivity index (χ1) is 8.60. The summed E-state index contributed by atoms with van der Waals surface area (Å²) in [7, 11) is 0. The number of hydrogen-bond donors (Lipinski definition) is 1. The van der Waals surface area contributed by atoms with E-state index in [1.807, 2.05) is 38.1 Å². The molecule has 0 atom stereocenters. The first-order valence-corrected chi connectivity index (χ1v) is 6.30. The molecule has 0 radical (unpaired) electrons. The summed E-state index contributed by atoms with van der Waals surface area (Å²) in [5.74, 6) is 0.596. The fourth-order valence-electron chi connectivity index (χ4n) is 1.60. The summed E-state index contributed by atoms with van der Waals surface area (Å²) in [4.78, 5) is 4.36. The molecule has 0 aliphatic rings. The van der Waals surface area contributed by atoms with Gasteiger partial charge in [-0.2, -0.15) is 5.26 Å². The summed E-state index contributed by atoms with van der Waals surface area (Å²) in [6, 6.07) is 11.7. The maximum atomic E-state index is 9.07. The van der Waals surface area contributed by atoms with Crippen LogP contribution >= 0.6 is 15.9 Å². The number of aromatic nitrogens is 1. The van der Waals surface area contributed by atoms with Crippen LogP contribution in [0.15, 0.2) is 34.8 Å². The van der Waals surface area contributed by atoms with Gasteiger partial charge in [-0.25, -0.2) is 4.98 Å². The molecule has 2 aromatic rings. The van der Waals surface area contributed by atoms with Crippen molar-refractivity contribution in [2.24, 2.45) is 0 Å². The van der Waals surface area contributed by atoms with E-state index in [0.717, 1.165) is 21.4 Å². The summed E-state index contributed by atoms with van der Waals surface area (Å²) in [6.07, 6.45) is 0. The Morgan fingerprint density at radius 1 is 1.22 bits per heavy atom. The summed E-state index contributed by atoms with van der Waals surface area (Å²) in [5.41, 5.74) is 3.47. The van der Waals surface area contributed by atoms with Crippen molar-refractivity contribution >= 4 is 27.4 Å². The van der Waals surface area contributed by atoms with Gasteiger partial charge in [0.05, 0.1) is 5.56 Å². The SMILES string of the molecule is Cc1ccc(C#N)c(Nc2cc(Br)ccc2C)n1. The van der Waals surface area contributed by atoms with Gasteiger partial charge in [0.15, 0.2) is 0 Å². The standard InChI is InChI=1S/C14H12BrN3/c1-9-3-6-12(15)7-13(9)18-14-11(8-16)5-4-10(2)17-14/h3-7H,1-2H3,(H,17,18). The van der Waals surface area contributed by atoms with Gasteiger partial charge in [-0.05, 0) is 43.7 Å². The number of halogens is 1. The van der Waals surface area contributed by atoms with Crippen molar-refractivity contribution in [1.29, 1.82) is 5.26 Å². The number of nitriles is 1. The average molecular weight is 302 g/mol. The predicted octanol–water partition coefficient (Wildman–Crippen LogP) is 4.08. The van der Waals surface area contributed by atoms with Crippen molar-refractivity contribution in [1.82, 2.24) is 4.98 Å². The van der Waals surface area contributed by atoms with Gasteiger partial charge in [0.25, 0.3) is 0 Å². The lowest BCUT2D eigenvalue weighted by Crippen LogP contribution is -1.99. The Bertz CT molecular complexity index is 629. The molecular weight excluding hydrogens is 290 g/mol. The third-order valence-electron chi connectivity index (χ3n) is 2.61. The van der Waals surface area contributed by atoms with E-state index in [0.29, 0.717) is 11.4 Å². The second-order valence-corrected chi connectivity index (χ2v) is 4.96. The number of nitrogens with one attached hydrogen (secondary N) is 1. The molecule has 0 aliphatic heterocycles. The highest BCUT2D eigenvalue weighted by Crippen LogP contribution is 2.25. The van der Waals surface area contributed by atoms with Gasteiger partial charge in [0.1, 0.15) is 11.9 Å². The van der Waals surface area contributed by atoms with Crippen LogP contribution in [-0.2, 0) is 0 Å². The third kappa shape index (κ3) is 2.69. The molecule has 4 heteroatoms. The first kappa shape index (κ1) is 12.6. The molecule has 18 heavy (non-hydrogen) atoms. The monoisotopic (exact) mass is 301 g/mol. The van der Waals surface area contributed by atoms with E-state index in [-0.39, 0.29) is 0 Å². The smallest absolute Gasteiger partial charge is 0.148 e. The molecule has 2 rings (SSSR count). The van der Waals surface area contributed by atoms with Crippen LogP contribution < -0.4 is 5.32 Å². The molecule has 0 saturated heterocycles. The third-order valence-corrected chi connectivity index (χ3v) is 3.10. The van der Waals surface area contributed by atoms with E-state index >= 15 is 0 Å². The lowest BCUT2D eigenvalue weighted by atomic mass is 10.2. The van der Waals surface area contributed by atoms with Crippen LogP contribution in [-0.4, -0.2) is 4.98 Å². The number of anilines is 2. The normalized spacial score (nSPS) is 9.89. The minimum Gasteiger partial charge on any atom is -0.339 e. The van der Waals surface area contributed by atoms with Gasteiger partial charge >= 0.3 is 0 Å². The molecule has 0 aliphatic carbocycles. The zero-order valence-corrected chi connectivity index (χ0v) is 11.7. The molecule has 3 nitrogen and oxygen atoms in total. The van der Waals surface area contributed by atoms with E-state index in [4.69, 9.17) is 5.26 Å². The molecule has 0 saturated carbocycles. The first-order valence-electron chi connectivity index (χ1n) is 5.51. The lowest BCUT2D eigenvalue weighted by Gasteiger charge is -2.11. The van der Waals surface area contributed by atoms with Gasteiger partial charge in [0.2, 0.25) is 0 Å². The van der Waals surface area contributed by atoms with Crippen LogP contribution in [0.5, 0.6) is 0 Å². The quantitative estimate of drug-likeness (QED) is 0.909. The Balaban J connectivity index is 2.43. The Morgan fingerprint density at radius 3 is 2.72 bits per heavy atom. The second-order valence-electron chi connectivity index (χ2n) is 4.04. The van der Waals surface area contributed by atoms with E-state index in [9.17, 15) is 0 Å². The van der Waals surface area contributed by atoms with Crippen molar-refractivity contribution in [2.45, 2.75) is 13.8 Å². The minimum atomic E-state index is 0.542. The van der Waals surface area contributed by atoms with E-state index in [2.05, 4.69) is 32.3 Å². The van der Waals surface area contributed by atoms with Crippen LogP contribution in [0.2, 0.25) is 0 Å². The molecule has 0 fully saturated rings. The zero-order valence-electron chi connectivity index (χ0n) is 10.2. The van der Waals surface area contributed by atoms with Gasteiger partial charge in [-0.3, -0.25) is 0 Å². The molecule has 0 amide bonds. The fourth-order valence-corrected chi connectivity index (χ4v) is 1.96. The zero-order chi connectivity index (χ0) is 13.1. The van der Waals surface area contributed by atoms with Gasteiger partial charge in [0, 0.05) is 15.9 Å². The summed E-state index contributed by atoms with van der Waals surface area (Å²) in [6.45, 7) is 3.91. The molecule has 0 spiro atoms. The minimum absolute atomic E-state index is 0.542. The lowest BCUT2D eigenvalue weighted by molar-refractivity contribution is 1.18. The van der Waals surface area contributed by atoms with E-state index < -0.39 is 0 Å². The Labute approximate surface area is 115 Å². The van der Waals surface area contributed by atoms with Crippen LogP contribution in [0.3, 0.4) is 0 Å². The number of aryl methyl sites for hydroxylation is 2.